The van der Waals surface area contributed by atoms with Gasteiger partial charge in [-0.3, -0.25) is 6.08 Å². The first-order chi connectivity index (χ1) is 10.0. The summed E-state index contributed by atoms with van der Waals surface area (Å²) in [7, 11) is 0. The van der Waals surface area contributed by atoms with Gasteiger partial charge in [-0.1, -0.05) is 26.8 Å². The van der Waals surface area contributed by atoms with Gasteiger partial charge in [-0.25, -0.2) is 11.6 Å². The van der Waals surface area contributed by atoms with Crippen LogP contribution < -0.4 is 0 Å². The molecular weight excluding hydrogens is 375 g/mol. The molecule has 2 rings (SSSR count). The van der Waals surface area contributed by atoms with Gasteiger partial charge in [0.25, 0.3) is 0 Å². The van der Waals surface area contributed by atoms with Crippen LogP contribution in [-0.4, -0.2) is 8.92 Å². The summed E-state index contributed by atoms with van der Waals surface area (Å²) >= 11 is 2.08. The van der Waals surface area contributed by atoms with Crippen molar-refractivity contribution >= 4 is 28.6 Å². The van der Waals surface area contributed by atoms with Crippen LogP contribution in [0.5, 0.6) is 5.75 Å². The summed E-state index contributed by atoms with van der Waals surface area (Å²) in [6.07, 6.45) is 8.63. The molecule has 0 heterocycles. The van der Waals surface area contributed by atoms with E-state index >= 15 is 0 Å². The van der Waals surface area contributed by atoms with E-state index < -0.39 is 0 Å². The van der Waals surface area contributed by atoms with Crippen LogP contribution in [0.4, 0.5) is 0 Å². The molecule has 0 bridgehead atoms. The average Bonchev–Trinajstić information content (AvgIpc) is 2.78. The van der Waals surface area contributed by atoms with Crippen molar-refractivity contribution in [3.63, 3.8) is 0 Å². The van der Waals surface area contributed by atoms with Crippen molar-refractivity contribution < 1.29 is 25.1 Å². The Morgan fingerprint density at radius 2 is 1.46 bits per heavy atom. The number of halogens is 2. The van der Waals surface area contributed by atoms with Crippen molar-refractivity contribution in [1.82, 2.24) is 0 Å². The Balaban J connectivity index is -0.000000283. The number of hydrogen-bond donors (Lipinski definition) is 1. The molecule has 1 aliphatic rings. The number of aromatic hydroxyl groups is 1. The first-order valence-corrected chi connectivity index (χ1v) is 8.37. The van der Waals surface area contributed by atoms with E-state index in [0.29, 0.717) is 11.2 Å². The van der Waals surface area contributed by atoms with Crippen LogP contribution in [0.15, 0.2) is 35.9 Å². The number of aryl methyl sites for hydroxylation is 2. The Labute approximate surface area is 172 Å². The monoisotopic (exact) mass is 405 g/mol. The smallest absolute Gasteiger partial charge is 0.116 e. The van der Waals surface area contributed by atoms with Crippen molar-refractivity contribution in [3.05, 3.63) is 53.1 Å². The largest absolute Gasteiger partial charge is 0.508 e. The zero-order valence-corrected chi connectivity index (χ0v) is 19.1. The molecule has 0 aliphatic heterocycles. The number of phenols is 1. The minimum absolute atomic E-state index is 0. The van der Waals surface area contributed by atoms with E-state index in [2.05, 4.69) is 72.8 Å². The Bertz CT molecular complexity index is 501. The van der Waals surface area contributed by atoms with Crippen molar-refractivity contribution in [2.45, 2.75) is 54.9 Å². The summed E-state index contributed by atoms with van der Waals surface area (Å²) in [5.74, 6) is 0.354. The zero-order chi connectivity index (χ0) is 17.3. The van der Waals surface area contributed by atoms with Crippen LogP contribution in [-0.2, 0) is 20.0 Å². The molecule has 0 aromatic heterocycles. The number of rotatable bonds is 0. The van der Waals surface area contributed by atoms with Crippen LogP contribution in [0.2, 0.25) is 0 Å². The predicted molar refractivity (Wildman–Crippen MR) is 108 cm³/mol. The third-order valence-corrected chi connectivity index (χ3v) is 2.71. The second-order valence-corrected chi connectivity index (χ2v) is 8.35. The fourth-order valence-electron chi connectivity index (χ4n) is 1.87. The van der Waals surface area contributed by atoms with Gasteiger partial charge in [0.2, 0.25) is 0 Å². The molecule has 1 aliphatic carbocycles. The molecule has 0 radical (unpaired) electrons. The summed E-state index contributed by atoms with van der Waals surface area (Å²) in [5, 5.41) is 8.99. The van der Waals surface area contributed by atoms with Gasteiger partial charge >= 0.3 is 37.6 Å². The topological polar surface area (TPSA) is 20.2 Å². The van der Waals surface area contributed by atoms with E-state index in [1.165, 1.54) is 9.38 Å². The molecule has 0 saturated carbocycles. The molecule has 1 aromatic rings. The predicted octanol–water partition coefficient (Wildman–Crippen LogP) is 6.32. The van der Waals surface area contributed by atoms with Gasteiger partial charge in [0.15, 0.2) is 0 Å². The van der Waals surface area contributed by atoms with Gasteiger partial charge < -0.3 is 5.11 Å². The van der Waals surface area contributed by atoms with Gasteiger partial charge in [0, 0.05) is 0 Å². The molecule has 4 heteroatoms. The summed E-state index contributed by atoms with van der Waals surface area (Å²) < 4.78 is 1.42. The standard InChI is InChI=1S/C9H13.C8H10O.C3H6.2ClH.Ti/c1-9(2,3)8-6-4-5-7-8;1-6-3-7(2)5-8(9)4-6;1-3-2;;;/h4,6H,5H2,1-3H3;3-5,9H,1-2H3;1-2H3;2*1H;/q-1;;;;;+1. The van der Waals surface area contributed by atoms with Gasteiger partial charge in [0.1, 0.15) is 5.75 Å². The number of phenolic OH excluding ortho intramolecular Hbond substituents is 1. The fraction of sp³-hybridized carbons (Fsp3) is 0.450. The second-order valence-electron chi connectivity index (χ2n) is 6.79. The van der Waals surface area contributed by atoms with Crippen LogP contribution in [0, 0.1) is 25.3 Å². The van der Waals surface area contributed by atoms with Gasteiger partial charge in [-0.05, 0) is 42.5 Å². The molecule has 0 spiro atoms. The van der Waals surface area contributed by atoms with Crippen molar-refractivity contribution in [1.29, 1.82) is 0 Å². The van der Waals surface area contributed by atoms with E-state index in [1.807, 2.05) is 19.9 Å². The normalized spacial score (nSPS) is 11.6. The van der Waals surface area contributed by atoms with Gasteiger partial charge in [0.05, 0.1) is 0 Å². The SMILES string of the molecule is CC(C)(C)C1=[C-]CC=C1.C[C](C)=[Ti+].Cc1cc(C)cc(O)c1.Cl.Cl. The molecule has 0 saturated heterocycles. The van der Waals surface area contributed by atoms with E-state index in [9.17, 15) is 0 Å². The van der Waals surface area contributed by atoms with E-state index in [-0.39, 0.29) is 24.8 Å². The Morgan fingerprint density at radius 3 is 1.67 bits per heavy atom. The molecule has 0 amide bonds. The fourth-order valence-corrected chi connectivity index (χ4v) is 1.87. The quantitative estimate of drug-likeness (QED) is 0.395. The molecule has 1 N–H and O–H groups in total. The average molecular weight is 406 g/mol. The molecule has 1 aromatic carbocycles. The maximum absolute atomic E-state index is 8.99. The maximum Gasteiger partial charge on any atom is 0.116 e. The summed E-state index contributed by atoms with van der Waals surface area (Å²) in [6, 6.07) is 5.51. The summed E-state index contributed by atoms with van der Waals surface area (Å²) in [6.45, 7) is 14.7. The second kappa shape index (κ2) is 13.9. The van der Waals surface area contributed by atoms with Crippen LogP contribution in [0.3, 0.4) is 0 Å². The molecule has 0 fully saturated rings. The van der Waals surface area contributed by atoms with E-state index in [0.717, 1.165) is 17.5 Å². The van der Waals surface area contributed by atoms with Gasteiger partial charge in [-0.15, -0.1) is 31.2 Å². The minimum Gasteiger partial charge on any atom is -0.508 e. The number of allylic oxidation sites excluding steroid dienone is 4. The Hall–Kier alpha value is -0.336. The van der Waals surface area contributed by atoms with Crippen LogP contribution >= 0.6 is 24.8 Å². The van der Waals surface area contributed by atoms with Crippen LogP contribution in [0.25, 0.3) is 0 Å². The zero-order valence-electron chi connectivity index (χ0n) is 15.9. The first kappa shape index (κ1) is 28.5. The molecule has 0 unspecified atom stereocenters. The summed E-state index contributed by atoms with van der Waals surface area (Å²) in [5.41, 5.74) is 3.86. The summed E-state index contributed by atoms with van der Waals surface area (Å²) in [4.78, 5) is 0. The molecule has 135 valence electrons. The number of hydrogen-bond acceptors (Lipinski definition) is 1. The van der Waals surface area contributed by atoms with Crippen molar-refractivity contribution in [2.24, 2.45) is 5.41 Å². The van der Waals surface area contributed by atoms with Crippen molar-refractivity contribution in [2.75, 3.05) is 0 Å². The third-order valence-electron chi connectivity index (χ3n) is 2.71. The molecular formula is C20H31Cl2OTi. The van der Waals surface area contributed by atoms with E-state index in [4.69, 9.17) is 5.11 Å². The molecule has 1 nitrogen and oxygen atoms in total. The van der Waals surface area contributed by atoms with Crippen molar-refractivity contribution in [3.8, 4) is 5.75 Å². The minimum atomic E-state index is 0. The van der Waals surface area contributed by atoms with Gasteiger partial charge in [-0.2, -0.15) is 6.08 Å². The molecule has 0 atom stereocenters. The Kier molecular flexibility index (Phi) is 16.5. The maximum atomic E-state index is 8.99. The first-order valence-electron chi connectivity index (χ1n) is 7.59. The van der Waals surface area contributed by atoms with Crippen LogP contribution in [0.1, 0.15) is 52.2 Å². The Morgan fingerprint density at radius 1 is 1.04 bits per heavy atom. The van der Waals surface area contributed by atoms with E-state index in [1.54, 1.807) is 12.1 Å². The third kappa shape index (κ3) is 15.2. The number of benzene rings is 1. The molecule has 24 heavy (non-hydrogen) atoms.